The van der Waals surface area contributed by atoms with E-state index in [0.717, 1.165) is 23.2 Å². The first-order valence-corrected chi connectivity index (χ1v) is 10.9. The molecule has 0 saturated carbocycles. The molecule has 1 aliphatic heterocycles. The average molecular weight is 440 g/mol. The second-order valence-corrected chi connectivity index (χ2v) is 7.97. The summed E-state index contributed by atoms with van der Waals surface area (Å²) in [6.45, 7) is 0.613. The second-order valence-electron chi connectivity index (χ2n) is 7.97. The van der Waals surface area contributed by atoms with Crippen LogP contribution in [0.2, 0.25) is 0 Å². The number of benzene rings is 3. The van der Waals surface area contributed by atoms with Gasteiger partial charge in [0.25, 0.3) is 5.91 Å². The zero-order valence-corrected chi connectivity index (χ0v) is 18.6. The molecule has 0 spiro atoms. The highest BCUT2D eigenvalue weighted by Crippen LogP contribution is 2.41. The Bertz CT molecular complexity index is 1250. The summed E-state index contributed by atoms with van der Waals surface area (Å²) in [5.74, 6) is 1.36. The predicted octanol–water partition coefficient (Wildman–Crippen LogP) is 4.68. The molecule has 0 aliphatic carbocycles. The Hall–Kier alpha value is -4.06. The number of carbonyl (C=O) groups excluding carboxylic acids is 1. The minimum Gasteiger partial charge on any atom is -0.493 e. The zero-order chi connectivity index (χ0) is 22.8. The van der Waals surface area contributed by atoms with Gasteiger partial charge in [0, 0.05) is 24.5 Å². The molecular formula is C27H25N3O3. The molecule has 0 radical (unpaired) electrons. The van der Waals surface area contributed by atoms with Crippen LogP contribution >= 0.6 is 0 Å². The Morgan fingerprint density at radius 1 is 0.939 bits per heavy atom. The van der Waals surface area contributed by atoms with Crippen molar-refractivity contribution >= 4 is 5.91 Å². The highest BCUT2D eigenvalue weighted by molar-refractivity contribution is 5.95. The summed E-state index contributed by atoms with van der Waals surface area (Å²) in [4.78, 5) is 15.7. The van der Waals surface area contributed by atoms with Gasteiger partial charge in [-0.1, -0.05) is 30.3 Å². The van der Waals surface area contributed by atoms with Crippen LogP contribution in [0.5, 0.6) is 11.5 Å². The van der Waals surface area contributed by atoms with Crippen molar-refractivity contribution in [1.29, 1.82) is 0 Å². The van der Waals surface area contributed by atoms with Crippen LogP contribution in [0.25, 0.3) is 5.69 Å². The number of methoxy groups -OCH3 is 2. The van der Waals surface area contributed by atoms with Gasteiger partial charge in [0.2, 0.25) is 0 Å². The number of hydrogen-bond acceptors (Lipinski definition) is 4. The monoisotopic (exact) mass is 439 g/mol. The lowest BCUT2D eigenvalue weighted by Crippen LogP contribution is -2.40. The first kappa shape index (κ1) is 20.8. The Morgan fingerprint density at radius 3 is 2.33 bits per heavy atom. The van der Waals surface area contributed by atoms with E-state index in [4.69, 9.17) is 9.47 Å². The molecule has 6 nitrogen and oxygen atoms in total. The van der Waals surface area contributed by atoms with E-state index in [2.05, 4.69) is 17.2 Å². The third-order valence-corrected chi connectivity index (χ3v) is 6.13. The first-order valence-electron chi connectivity index (χ1n) is 10.9. The zero-order valence-electron chi connectivity index (χ0n) is 18.6. The number of rotatable bonds is 5. The van der Waals surface area contributed by atoms with E-state index in [1.54, 1.807) is 25.1 Å². The SMILES string of the molecule is COc1cc2c(cc1OC)[C@@H](c1ccccc1)N(C(=O)c1ccc(-n3cccn3)cc1)CC2. The molecule has 1 aliphatic rings. The van der Waals surface area contributed by atoms with E-state index >= 15 is 0 Å². The highest BCUT2D eigenvalue weighted by atomic mass is 16.5. The van der Waals surface area contributed by atoms with Gasteiger partial charge in [0.1, 0.15) is 0 Å². The summed E-state index contributed by atoms with van der Waals surface area (Å²) in [7, 11) is 3.28. The molecule has 0 bridgehead atoms. The van der Waals surface area contributed by atoms with Crippen molar-refractivity contribution < 1.29 is 14.3 Å². The fraction of sp³-hybridized carbons (Fsp3) is 0.185. The number of carbonyl (C=O) groups is 1. The molecule has 33 heavy (non-hydrogen) atoms. The molecule has 0 fully saturated rings. The van der Waals surface area contributed by atoms with E-state index < -0.39 is 0 Å². The molecule has 3 aromatic carbocycles. The number of fused-ring (bicyclic) bond motifs is 1. The molecule has 1 atom stereocenters. The molecule has 166 valence electrons. The maximum Gasteiger partial charge on any atom is 0.254 e. The molecule has 6 heteroatoms. The van der Waals surface area contributed by atoms with Gasteiger partial charge < -0.3 is 14.4 Å². The smallest absolute Gasteiger partial charge is 0.254 e. The van der Waals surface area contributed by atoms with Crippen molar-refractivity contribution in [2.45, 2.75) is 12.5 Å². The van der Waals surface area contributed by atoms with Gasteiger partial charge >= 0.3 is 0 Å². The quantitative estimate of drug-likeness (QED) is 0.453. The Balaban J connectivity index is 1.55. The third-order valence-electron chi connectivity index (χ3n) is 6.13. The van der Waals surface area contributed by atoms with Gasteiger partial charge in [-0.05, 0) is 65.6 Å². The minimum atomic E-state index is -0.215. The largest absolute Gasteiger partial charge is 0.493 e. The van der Waals surface area contributed by atoms with Crippen LogP contribution in [-0.4, -0.2) is 41.4 Å². The molecular weight excluding hydrogens is 414 g/mol. The fourth-order valence-corrected chi connectivity index (χ4v) is 4.50. The van der Waals surface area contributed by atoms with Gasteiger partial charge in [-0.25, -0.2) is 4.68 Å². The molecule has 1 amide bonds. The van der Waals surface area contributed by atoms with E-state index in [9.17, 15) is 4.79 Å². The number of nitrogens with zero attached hydrogens (tertiary/aromatic N) is 3. The lowest BCUT2D eigenvalue weighted by atomic mass is 9.87. The summed E-state index contributed by atoms with van der Waals surface area (Å²) >= 11 is 0. The van der Waals surface area contributed by atoms with E-state index in [1.165, 1.54) is 5.56 Å². The third kappa shape index (κ3) is 3.84. The van der Waals surface area contributed by atoms with Gasteiger partial charge in [-0.3, -0.25) is 4.79 Å². The molecule has 0 saturated heterocycles. The molecule has 0 unspecified atom stereocenters. The highest BCUT2D eigenvalue weighted by Gasteiger charge is 2.33. The van der Waals surface area contributed by atoms with Crippen molar-refractivity contribution in [3.63, 3.8) is 0 Å². The Kier molecular flexibility index (Phi) is 5.57. The number of ether oxygens (including phenoxy) is 2. The van der Waals surface area contributed by atoms with Crippen LogP contribution in [0.1, 0.15) is 33.1 Å². The van der Waals surface area contributed by atoms with Crippen molar-refractivity contribution in [3.05, 3.63) is 107 Å². The first-order chi connectivity index (χ1) is 16.2. The van der Waals surface area contributed by atoms with E-state index in [0.29, 0.717) is 23.6 Å². The van der Waals surface area contributed by atoms with Crippen LogP contribution in [0, 0.1) is 0 Å². The topological polar surface area (TPSA) is 56.6 Å². The normalized spacial score (nSPS) is 15.1. The Labute approximate surface area is 193 Å². The summed E-state index contributed by atoms with van der Waals surface area (Å²) < 4.78 is 12.9. The van der Waals surface area contributed by atoms with Crippen LogP contribution in [0.4, 0.5) is 0 Å². The minimum absolute atomic E-state index is 0.00342. The number of hydrogen-bond donors (Lipinski definition) is 0. The van der Waals surface area contributed by atoms with E-state index in [1.807, 2.05) is 71.8 Å². The predicted molar refractivity (Wildman–Crippen MR) is 126 cm³/mol. The summed E-state index contributed by atoms with van der Waals surface area (Å²) in [5, 5.41) is 4.26. The maximum absolute atomic E-state index is 13.7. The summed E-state index contributed by atoms with van der Waals surface area (Å²) in [6.07, 6.45) is 4.36. The molecule has 2 heterocycles. The van der Waals surface area contributed by atoms with E-state index in [-0.39, 0.29) is 11.9 Å². The van der Waals surface area contributed by atoms with Crippen molar-refractivity contribution in [2.24, 2.45) is 0 Å². The second kappa shape index (κ2) is 8.82. The average Bonchev–Trinajstić information content (AvgIpc) is 3.42. The van der Waals surface area contributed by atoms with Gasteiger partial charge in [0.05, 0.1) is 25.9 Å². The van der Waals surface area contributed by atoms with Crippen LogP contribution < -0.4 is 9.47 Å². The fourth-order valence-electron chi connectivity index (χ4n) is 4.50. The molecule has 4 aromatic rings. The van der Waals surface area contributed by atoms with Crippen LogP contribution in [0.15, 0.2) is 85.2 Å². The van der Waals surface area contributed by atoms with Crippen molar-refractivity contribution in [3.8, 4) is 17.2 Å². The number of aromatic nitrogens is 2. The van der Waals surface area contributed by atoms with Crippen molar-refractivity contribution in [1.82, 2.24) is 14.7 Å². The van der Waals surface area contributed by atoms with Crippen LogP contribution in [0.3, 0.4) is 0 Å². The maximum atomic E-state index is 13.7. The Morgan fingerprint density at radius 2 is 1.67 bits per heavy atom. The van der Waals surface area contributed by atoms with Gasteiger partial charge in [0.15, 0.2) is 11.5 Å². The molecule has 1 aromatic heterocycles. The van der Waals surface area contributed by atoms with Gasteiger partial charge in [-0.2, -0.15) is 5.10 Å². The molecule has 0 N–H and O–H groups in total. The lowest BCUT2D eigenvalue weighted by molar-refractivity contribution is 0.0694. The van der Waals surface area contributed by atoms with Gasteiger partial charge in [-0.15, -0.1) is 0 Å². The van der Waals surface area contributed by atoms with Crippen LogP contribution in [-0.2, 0) is 6.42 Å². The number of amides is 1. The summed E-state index contributed by atoms with van der Waals surface area (Å²) in [5.41, 5.74) is 4.85. The van der Waals surface area contributed by atoms with Crippen molar-refractivity contribution in [2.75, 3.05) is 20.8 Å². The summed E-state index contributed by atoms with van der Waals surface area (Å²) in [6, 6.07) is 23.4. The standard InChI is InChI=1S/C27H25N3O3/c1-32-24-17-21-13-16-29(26(19-7-4-3-5-8-19)23(21)18-25(24)33-2)27(31)20-9-11-22(12-10-20)30-15-6-14-28-30/h3-12,14-15,17-18,26H,13,16H2,1-2H3/t26-/m1/s1. The lowest BCUT2D eigenvalue weighted by Gasteiger charge is -2.38. The molecule has 5 rings (SSSR count).